The number of hydrogen-bond donors (Lipinski definition) is 1. The zero-order valence-corrected chi connectivity index (χ0v) is 9.34. The highest BCUT2D eigenvalue weighted by Crippen LogP contribution is 2.16. The van der Waals surface area contributed by atoms with Gasteiger partial charge in [-0.1, -0.05) is 6.07 Å². The SMILES string of the molecule is Cc1ccc2[nH]c(=O)n(-c3ccncc3)c2c1. The molecule has 0 radical (unpaired) electrons. The van der Waals surface area contributed by atoms with Crippen molar-refractivity contribution in [2.75, 3.05) is 0 Å². The molecule has 1 N–H and O–H groups in total. The molecule has 0 unspecified atom stereocenters. The van der Waals surface area contributed by atoms with Gasteiger partial charge in [0.25, 0.3) is 0 Å². The number of nitrogens with one attached hydrogen (secondary N) is 1. The number of pyridine rings is 1. The lowest BCUT2D eigenvalue weighted by Crippen LogP contribution is -2.14. The molecule has 2 aromatic heterocycles. The lowest BCUT2D eigenvalue weighted by atomic mass is 10.2. The molecule has 0 bridgehead atoms. The van der Waals surface area contributed by atoms with Crippen LogP contribution in [0.2, 0.25) is 0 Å². The minimum atomic E-state index is -0.128. The summed E-state index contributed by atoms with van der Waals surface area (Å²) in [5, 5.41) is 0. The van der Waals surface area contributed by atoms with E-state index in [1.807, 2.05) is 37.3 Å². The Morgan fingerprint density at radius 2 is 1.94 bits per heavy atom. The van der Waals surface area contributed by atoms with Gasteiger partial charge < -0.3 is 4.98 Å². The highest BCUT2D eigenvalue weighted by atomic mass is 16.1. The maximum atomic E-state index is 11.9. The molecule has 0 aliphatic carbocycles. The van der Waals surface area contributed by atoms with Crippen LogP contribution in [-0.2, 0) is 0 Å². The van der Waals surface area contributed by atoms with E-state index in [2.05, 4.69) is 9.97 Å². The summed E-state index contributed by atoms with van der Waals surface area (Å²) in [5.41, 5.74) is 3.55. The quantitative estimate of drug-likeness (QED) is 0.688. The summed E-state index contributed by atoms with van der Waals surface area (Å²) in [6, 6.07) is 9.53. The first-order valence-corrected chi connectivity index (χ1v) is 5.37. The van der Waals surface area contributed by atoms with E-state index in [4.69, 9.17) is 0 Å². The van der Waals surface area contributed by atoms with Gasteiger partial charge >= 0.3 is 5.69 Å². The van der Waals surface area contributed by atoms with Crippen LogP contribution in [0.4, 0.5) is 0 Å². The molecule has 3 rings (SSSR count). The molecule has 1 aromatic carbocycles. The molecule has 0 aliphatic rings. The second-order valence-corrected chi connectivity index (χ2v) is 3.99. The van der Waals surface area contributed by atoms with Gasteiger partial charge in [0.05, 0.1) is 16.7 Å². The van der Waals surface area contributed by atoms with Crippen molar-refractivity contribution < 1.29 is 0 Å². The minimum absolute atomic E-state index is 0.128. The van der Waals surface area contributed by atoms with Gasteiger partial charge in [0.2, 0.25) is 0 Å². The van der Waals surface area contributed by atoms with E-state index in [1.54, 1.807) is 17.0 Å². The Hall–Kier alpha value is -2.36. The number of imidazole rings is 1. The number of rotatable bonds is 1. The molecule has 2 heterocycles. The largest absolute Gasteiger partial charge is 0.331 e. The van der Waals surface area contributed by atoms with Gasteiger partial charge in [-0.2, -0.15) is 0 Å². The standard InChI is InChI=1S/C13H11N3O/c1-9-2-3-11-12(8-9)16(13(17)15-11)10-4-6-14-7-5-10/h2-8H,1H3,(H,15,17). The first-order valence-electron chi connectivity index (χ1n) is 5.37. The van der Waals surface area contributed by atoms with Gasteiger partial charge in [0.15, 0.2) is 0 Å². The third kappa shape index (κ3) is 1.54. The summed E-state index contributed by atoms with van der Waals surface area (Å²) in [4.78, 5) is 18.7. The number of aryl methyl sites for hydroxylation is 1. The highest BCUT2D eigenvalue weighted by molar-refractivity contribution is 5.78. The molecule has 0 saturated heterocycles. The maximum absolute atomic E-state index is 11.9. The number of hydrogen-bond acceptors (Lipinski definition) is 2. The molecule has 0 fully saturated rings. The van der Waals surface area contributed by atoms with Crippen LogP contribution in [0.1, 0.15) is 5.56 Å². The molecule has 0 saturated carbocycles. The fraction of sp³-hybridized carbons (Fsp3) is 0.0769. The average molecular weight is 225 g/mol. The van der Waals surface area contributed by atoms with Gasteiger partial charge in [0, 0.05) is 12.4 Å². The van der Waals surface area contributed by atoms with Crippen LogP contribution in [-0.4, -0.2) is 14.5 Å². The van der Waals surface area contributed by atoms with Crippen LogP contribution in [0.3, 0.4) is 0 Å². The second kappa shape index (κ2) is 3.59. The maximum Gasteiger partial charge on any atom is 0.331 e. The lowest BCUT2D eigenvalue weighted by molar-refractivity contribution is 1.01. The van der Waals surface area contributed by atoms with Gasteiger partial charge in [0.1, 0.15) is 0 Å². The third-order valence-corrected chi connectivity index (χ3v) is 2.76. The average Bonchev–Trinajstić information content (AvgIpc) is 2.65. The zero-order chi connectivity index (χ0) is 11.8. The number of benzene rings is 1. The van der Waals surface area contributed by atoms with Crippen molar-refractivity contribution in [3.05, 3.63) is 58.8 Å². The molecule has 17 heavy (non-hydrogen) atoms. The first kappa shape index (κ1) is 9.84. The molecular formula is C13H11N3O. The Balaban J connectivity index is 2.40. The van der Waals surface area contributed by atoms with E-state index in [0.29, 0.717) is 0 Å². The predicted octanol–water partition coefficient (Wildman–Crippen LogP) is 2.02. The van der Waals surface area contributed by atoms with Crippen LogP contribution in [0, 0.1) is 6.92 Å². The summed E-state index contributed by atoms with van der Waals surface area (Å²) in [5.74, 6) is 0. The van der Waals surface area contributed by atoms with Crippen molar-refractivity contribution in [2.45, 2.75) is 6.92 Å². The molecule has 4 heteroatoms. The molecular weight excluding hydrogens is 214 g/mol. The molecule has 0 aliphatic heterocycles. The molecule has 0 spiro atoms. The zero-order valence-electron chi connectivity index (χ0n) is 9.34. The van der Waals surface area contributed by atoms with E-state index >= 15 is 0 Å². The van der Waals surface area contributed by atoms with E-state index in [1.165, 1.54) is 0 Å². The van der Waals surface area contributed by atoms with E-state index in [-0.39, 0.29) is 5.69 Å². The van der Waals surface area contributed by atoms with Crippen molar-refractivity contribution in [1.29, 1.82) is 0 Å². The molecule has 3 aromatic rings. The number of fused-ring (bicyclic) bond motifs is 1. The monoisotopic (exact) mass is 225 g/mol. The smallest absolute Gasteiger partial charge is 0.305 e. The van der Waals surface area contributed by atoms with E-state index in [0.717, 1.165) is 22.3 Å². The Bertz CT molecular complexity index is 725. The normalized spacial score (nSPS) is 10.9. The fourth-order valence-electron chi connectivity index (χ4n) is 1.96. The second-order valence-electron chi connectivity index (χ2n) is 3.99. The van der Waals surface area contributed by atoms with Crippen LogP contribution >= 0.6 is 0 Å². The first-order chi connectivity index (χ1) is 8.25. The van der Waals surface area contributed by atoms with Crippen LogP contribution in [0.5, 0.6) is 0 Å². The topological polar surface area (TPSA) is 50.7 Å². The van der Waals surface area contributed by atoms with Crippen molar-refractivity contribution in [3.63, 3.8) is 0 Å². The predicted molar refractivity (Wildman–Crippen MR) is 66.4 cm³/mol. The van der Waals surface area contributed by atoms with Crippen LogP contribution in [0.15, 0.2) is 47.5 Å². The van der Waals surface area contributed by atoms with Gasteiger partial charge in [-0.3, -0.25) is 9.55 Å². The van der Waals surface area contributed by atoms with Crippen molar-refractivity contribution in [3.8, 4) is 5.69 Å². The summed E-state index contributed by atoms with van der Waals surface area (Å²) in [7, 11) is 0. The molecule has 0 amide bonds. The summed E-state index contributed by atoms with van der Waals surface area (Å²) in [6.07, 6.45) is 3.35. The highest BCUT2D eigenvalue weighted by Gasteiger charge is 2.07. The lowest BCUT2D eigenvalue weighted by Gasteiger charge is -2.02. The van der Waals surface area contributed by atoms with Crippen molar-refractivity contribution >= 4 is 11.0 Å². The Morgan fingerprint density at radius 1 is 1.18 bits per heavy atom. The number of aromatic amines is 1. The third-order valence-electron chi connectivity index (χ3n) is 2.76. The summed E-state index contributed by atoms with van der Waals surface area (Å²) >= 11 is 0. The van der Waals surface area contributed by atoms with Crippen molar-refractivity contribution in [1.82, 2.24) is 14.5 Å². The molecule has 0 atom stereocenters. The molecule has 84 valence electrons. The Kier molecular flexibility index (Phi) is 2.08. The van der Waals surface area contributed by atoms with Gasteiger partial charge in [-0.15, -0.1) is 0 Å². The number of nitrogens with zero attached hydrogens (tertiary/aromatic N) is 2. The fourth-order valence-corrected chi connectivity index (χ4v) is 1.96. The van der Waals surface area contributed by atoms with Gasteiger partial charge in [-0.05, 0) is 36.8 Å². The Labute approximate surface area is 97.6 Å². The van der Waals surface area contributed by atoms with E-state index < -0.39 is 0 Å². The summed E-state index contributed by atoms with van der Waals surface area (Å²) in [6.45, 7) is 2.01. The van der Waals surface area contributed by atoms with E-state index in [9.17, 15) is 4.79 Å². The molecule has 4 nitrogen and oxygen atoms in total. The number of aromatic nitrogens is 3. The Morgan fingerprint density at radius 3 is 2.71 bits per heavy atom. The minimum Gasteiger partial charge on any atom is -0.305 e. The van der Waals surface area contributed by atoms with Crippen LogP contribution < -0.4 is 5.69 Å². The van der Waals surface area contributed by atoms with Crippen molar-refractivity contribution in [2.24, 2.45) is 0 Å². The van der Waals surface area contributed by atoms with Gasteiger partial charge in [-0.25, -0.2) is 4.79 Å². The van der Waals surface area contributed by atoms with Crippen LogP contribution in [0.25, 0.3) is 16.7 Å². The summed E-state index contributed by atoms with van der Waals surface area (Å²) < 4.78 is 1.66. The number of H-pyrrole nitrogens is 1.